The zero-order chi connectivity index (χ0) is 28.3. The summed E-state index contributed by atoms with van der Waals surface area (Å²) in [5.41, 5.74) is 6.00. The van der Waals surface area contributed by atoms with Crippen LogP contribution >= 0.6 is 0 Å². The number of esters is 1. The number of aliphatic hydroxyl groups excluding tert-OH is 1. The van der Waals surface area contributed by atoms with Crippen LogP contribution in [0.2, 0.25) is 19.1 Å². The molecule has 0 atom stereocenters. The van der Waals surface area contributed by atoms with Gasteiger partial charge in [0.15, 0.2) is 0 Å². The number of aryl methyl sites for hydroxylation is 1. The van der Waals surface area contributed by atoms with E-state index < -0.39 is 8.07 Å². The summed E-state index contributed by atoms with van der Waals surface area (Å²) in [6, 6.07) is 17.7. The summed E-state index contributed by atoms with van der Waals surface area (Å²) in [5.74, 6) is 0.908. The fraction of sp³-hybridized carbons (Fsp3) is 0.571. The van der Waals surface area contributed by atoms with Crippen molar-refractivity contribution in [3.8, 4) is 0 Å². The van der Waals surface area contributed by atoms with Crippen molar-refractivity contribution in [1.82, 2.24) is 0 Å². The highest BCUT2D eigenvalue weighted by Gasteiger charge is 2.28. The fourth-order valence-corrected chi connectivity index (χ4v) is 9.15. The molecule has 0 spiro atoms. The minimum atomic E-state index is -1.71. The van der Waals surface area contributed by atoms with Crippen LogP contribution in [0.25, 0.3) is 0 Å². The molecule has 2 aromatic rings. The van der Waals surface area contributed by atoms with Crippen molar-refractivity contribution < 1.29 is 14.6 Å². The van der Waals surface area contributed by atoms with Gasteiger partial charge in [0.2, 0.25) is 0 Å². The van der Waals surface area contributed by atoms with Crippen LogP contribution in [-0.2, 0) is 22.6 Å². The first-order valence-corrected chi connectivity index (χ1v) is 18.6. The van der Waals surface area contributed by atoms with Crippen molar-refractivity contribution in [2.24, 2.45) is 0 Å². The van der Waals surface area contributed by atoms with E-state index in [9.17, 15) is 4.79 Å². The Morgan fingerprint density at radius 1 is 0.923 bits per heavy atom. The number of hydrogen-bond donors (Lipinski definition) is 1. The summed E-state index contributed by atoms with van der Waals surface area (Å²) in [7, 11) is -1.71. The standard InChI is InChI=1S/C35H52O3Si/c1-6-7-9-12-28-13-15-29(16-14-28)30-17-19-31(20-18-30)32-21-22-34(39(4,5)24-11-8-10-23-36)33(25-32)26-38-35(37)27(2)3/h13-16,21-22,25,30-31,36H,2,6-12,17-20,23-24,26H2,1,3-5H3. The third kappa shape index (κ3) is 9.46. The molecule has 214 valence electrons. The van der Waals surface area contributed by atoms with Gasteiger partial charge in [0.05, 0.1) is 8.07 Å². The van der Waals surface area contributed by atoms with Crippen LogP contribution in [0.5, 0.6) is 0 Å². The first kappa shape index (κ1) is 31.4. The Morgan fingerprint density at radius 2 is 1.56 bits per heavy atom. The molecule has 0 amide bonds. The predicted molar refractivity (Wildman–Crippen MR) is 168 cm³/mol. The van der Waals surface area contributed by atoms with E-state index in [4.69, 9.17) is 9.84 Å². The van der Waals surface area contributed by atoms with Gasteiger partial charge in [-0.2, -0.15) is 0 Å². The van der Waals surface area contributed by atoms with Gasteiger partial charge < -0.3 is 9.84 Å². The largest absolute Gasteiger partial charge is 0.457 e. The Morgan fingerprint density at radius 3 is 2.18 bits per heavy atom. The van der Waals surface area contributed by atoms with Gasteiger partial charge in [0.25, 0.3) is 0 Å². The molecule has 1 aliphatic rings. The Balaban J connectivity index is 1.69. The minimum absolute atomic E-state index is 0.269. The maximum Gasteiger partial charge on any atom is 0.333 e. The SMILES string of the molecule is C=C(C)C(=O)OCc1cc(C2CCC(c3ccc(CCCCC)cc3)CC2)ccc1[Si](C)(C)CCCCCO. The number of unbranched alkanes of at least 4 members (excludes halogenated alkanes) is 4. The Bertz CT molecular complexity index is 1050. The average molecular weight is 549 g/mol. The molecule has 3 nitrogen and oxygen atoms in total. The molecule has 0 unspecified atom stereocenters. The van der Waals surface area contributed by atoms with Crippen LogP contribution in [0.4, 0.5) is 0 Å². The van der Waals surface area contributed by atoms with Gasteiger partial charge in [-0.3, -0.25) is 0 Å². The number of ether oxygens (including phenoxy) is 1. The molecule has 0 aromatic heterocycles. The van der Waals surface area contributed by atoms with E-state index in [1.807, 2.05) is 0 Å². The lowest BCUT2D eigenvalue weighted by Gasteiger charge is -2.31. The van der Waals surface area contributed by atoms with E-state index in [2.05, 4.69) is 69.1 Å². The number of benzene rings is 2. The van der Waals surface area contributed by atoms with E-state index >= 15 is 0 Å². The monoisotopic (exact) mass is 548 g/mol. The van der Waals surface area contributed by atoms with Gasteiger partial charge in [0, 0.05) is 12.2 Å². The second kappa shape index (κ2) is 15.6. The molecule has 1 N–H and O–H groups in total. The number of hydrogen-bond acceptors (Lipinski definition) is 3. The fourth-order valence-electron chi connectivity index (χ4n) is 6.20. The van der Waals surface area contributed by atoms with E-state index in [-0.39, 0.29) is 12.6 Å². The molecule has 1 fully saturated rings. The molecule has 3 rings (SSSR count). The number of carbonyl (C=O) groups excluding carboxylic acids is 1. The second-order valence-corrected chi connectivity index (χ2v) is 17.2. The Kier molecular flexibility index (Phi) is 12.5. The van der Waals surface area contributed by atoms with Crippen LogP contribution < -0.4 is 5.19 Å². The molecule has 1 saturated carbocycles. The Labute approximate surface area is 239 Å². The van der Waals surface area contributed by atoms with Crippen LogP contribution in [0.15, 0.2) is 54.6 Å². The molecule has 0 heterocycles. The lowest BCUT2D eigenvalue weighted by Crippen LogP contribution is -2.43. The van der Waals surface area contributed by atoms with Gasteiger partial charge in [0.1, 0.15) is 6.61 Å². The van der Waals surface area contributed by atoms with E-state index in [0.29, 0.717) is 24.0 Å². The lowest BCUT2D eigenvalue weighted by atomic mass is 9.76. The highest BCUT2D eigenvalue weighted by atomic mass is 28.3. The molecule has 0 saturated heterocycles. The zero-order valence-corrected chi connectivity index (χ0v) is 26.1. The van der Waals surface area contributed by atoms with Crippen molar-refractivity contribution in [3.63, 3.8) is 0 Å². The van der Waals surface area contributed by atoms with Gasteiger partial charge in [-0.05, 0) is 86.0 Å². The van der Waals surface area contributed by atoms with E-state index in [1.54, 1.807) is 6.92 Å². The summed E-state index contributed by atoms with van der Waals surface area (Å²) in [6.45, 7) is 13.2. The summed E-state index contributed by atoms with van der Waals surface area (Å²) < 4.78 is 5.68. The summed E-state index contributed by atoms with van der Waals surface area (Å²) in [6.07, 6.45) is 13.0. The van der Waals surface area contributed by atoms with Gasteiger partial charge in [-0.1, -0.05) is 106 Å². The van der Waals surface area contributed by atoms with Gasteiger partial charge >= 0.3 is 5.97 Å². The second-order valence-electron chi connectivity index (χ2n) is 12.4. The minimum Gasteiger partial charge on any atom is -0.457 e. The number of carbonyl (C=O) groups is 1. The Hall–Kier alpha value is -2.17. The molecule has 39 heavy (non-hydrogen) atoms. The van der Waals surface area contributed by atoms with Crippen molar-refractivity contribution in [1.29, 1.82) is 0 Å². The highest BCUT2D eigenvalue weighted by Crippen LogP contribution is 2.40. The van der Waals surface area contributed by atoms with Gasteiger partial charge in [-0.25, -0.2) is 4.79 Å². The summed E-state index contributed by atoms with van der Waals surface area (Å²) >= 11 is 0. The van der Waals surface area contributed by atoms with Crippen molar-refractivity contribution >= 4 is 19.2 Å². The van der Waals surface area contributed by atoms with Crippen molar-refractivity contribution in [2.45, 2.75) is 122 Å². The van der Waals surface area contributed by atoms with Crippen LogP contribution in [0, 0.1) is 0 Å². The summed E-state index contributed by atoms with van der Waals surface area (Å²) in [5, 5.41) is 10.6. The highest BCUT2D eigenvalue weighted by molar-refractivity contribution is 6.90. The van der Waals surface area contributed by atoms with Crippen LogP contribution in [-0.4, -0.2) is 25.8 Å². The molecule has 1 aliphatic carbocycles. The van der Waals surface area contributed by atoms with Crippen LogP contribution in [0.3, 0.4) is 0 Å². The maximum absolute atomic E-state index is 12.2. The molecular formula is C35H52O3Si. The third-order valence-corrected chi connectivity index (χ3v) is 12.3. The van der Waals surface area contributed by atoms with E-state index in [0.717, 1.165) is 19.3 Å². The van der Waals surface area contributed by atoms with Gasteiger partial charge in [-0.15, -0.1) is 0 Å². The van der Waals surface area contributed by atoms with E-state index in [1.165, 1.54) is 84.9 Å². The quantitative estimate of drug-likeness (QED) is 0.105. The van der Waals surface area contributed by atoms with Crippen LogP contribution in [0.1, 0.15) is 112 Å². The number of aliphatic hydroxyl groups is 1. The average Bonchev–Trinajstić information content (AvgIpc) is 2.94. The normalized spacial score (nSPS) is 17.7. The summed E-state index contributed by atoms with van der Waals surface area (Å²) in [4.78, 5) is 12.2. The molecule has 0 bridgehead atoms. The van der Waals surface area contributed by atoms with Crippen molar-refractivity contribution in [3.05, 3.63) is 76.9 Å². The third-order valence-electron chi connectivity index (χ3n) is 8.74. The molecular weight excluding hydrogens is 496 g/mol. The smallest absolute Gasteiger partial charge is 0.333 e. The first-order chi connectivity index (χ1) is 18.7. The molecule has 0 aliphatic heterocycles. The predicted octanol–water partition coefficient (Wildman–Crippen LogP) is 8.56. The molecule has 0 radical (unpaired) electrons. The molecule has 4 heteroatoms. The maximum atomic E-state index is 12.2. The van der Waals surface area contributed by atoms with Crippen molar-refractivity contribution in [2.75, 3.05) is 6.61 Å². The zero-order valence-electron chi connectivity index (χ0n) is 25.1. The number of rotatable bonds is 15. The first-order valence-electron chi connectivity index (χ1n) is 15.4. The molecule has 2 aromatic carbocycles. The lowest BCUT2D eigenvalue weighted by molar-refractivity contribution is -0.140. The topological polar surface area (TPSA) is 46.5 Å².